The molecule has 0 amide bonds. The van der Waals surface area contributed by atoms with Crippen LogP contribution in [-0.4, -0.2) is 35.4 Å². The molecule has 3 N–H and O–H groups in total. The maximum absolute atomic E-state index is 12.3. The second-order valence-corrected chi connectivity index (χ2v) is 5.34. The van der Waals surface area contributed by atoms with Crippen LogP contribution < -0.4 is 15.0 Å². The summed E-state index contributed by atoms with van der Waals surface area (Å²) in [7, 11) is 3.11. The molecule has 0 saturated carbocycles. The minimum atomic E-state index is -0.833. The zero-order valence-electron chi connectivity index (χ0n) is 14.6. The maximum Gasteiger partial charge on any atom is 0.300 e. The number of rotatable bonds is 3. The minimum absolute atomic E-state index is 0.0300. The Morgan fingerprint density at radius 3 is 2.04 bits per heavy atom. The number of aromatic amines is 1. The fraction of sp³-hybridized carbons (Fsp3) is 0.158. The molecule has 1 aromatic heterocycles. The van der Waals surface area contributed by atoms with Gasteiger partial charge in [0.2, 0.25) is 0 Å². The number of hydrogen-bond donors (Lipinski definition) is 3. The van der Waals surface area contributed by atoms with E-state index in [4.69, 9.17) is 19.4 Å². The van der Waals surface area contributed by atoms with Crippen LogP contribution in [0.1, 0.15) is 6.92 Å². The zero-order valence-corrected chi connectivity index (χ0v) is 14.6. The largest absolute Gasteiger partial charge is 0.505 e. The van der Waals surface area contributed by atoms with Crippen LogP contribution in [0, 0.1) is 0 Å². The van der Waals surface area contributed by atoms with E-state index < -0.39 is 5.97 Å². The molecular weight excluding hydrogens is 338 g/mol. The summed E-state index contributed by atoms with van der Waals surface area (Å²) >= 11 is 0. The second-order valence-electron chi connectivity index (χ2n) is 5.34. The van der Waals surface area contributed by atoms with E-state index in [1.807, 2.05) is 0 Å². The van der Waals surface area contributed by atoms with Gasteiger partial charge < -0.3 is 24.7 Å². The SMILES string of the molecule is CC(=O)O.COc1ccc(-c2[nH]c(=O)c3cc(OC)ccc3c2O)cc1. The predicted molar refractivity (Wildman–Crippen MR) is 98.1 cm³/mol. The van der Waals surface area contributed by atoms with Crippen LogP contribution in [0.25, 0.3) is 22.0 Å². The van der Waals surface area contributed by atoms with Gasteiger partial charge in [-0.3, -0.25) is 9.59 Å². The third-order valence-corrected chi connectivity index (χ3v) is 3.58. The number of methoxy groups -OCH3 is 2. The Labute approximate surface area is 149 Å². The molecule has 0 aliphatic heterocycles. The lowest BCUT2D eigenvalue weighted by molar-refractivity contribution is -0.134. The van der Waals surface area contributed by atoms with E-state index in [0.717, 1.165) is 6.92 Å². The van der Waals surface area contributed by atoms with E-state index in [0.29, 0.717) is 33.5 Å². The lowest BCUT2D eigenvalue weighted by Crippen LogP contribution is -2.08. The first-order valence-electron chi connectivity index (χ1n) is 7.64. The molecule has 0 aliphatic carbocycles. The lowest BCUT2D eigenvalue weighted by Gasteiger charge is -2.09. The Hall–Kier alpha value is -3.48. The zero-order chi connectivity index (χ0) is 19.3. The highest BCUT2D eigenvalue weighted by Gasteiger charge is 2.13. The van der Waals surface area contributed by atoms with Crippen LogP contribution >= 0.6 is 0 Å². The summed E-state index contributed by atoms with van der Waals surface area (Å²) in [5.74, 6) is 0.466. The van der Waals surface area contributed by atoms with Gasteiger partial charge in [-0.15, -0.1) is 0 Å². The van der Waals surface area contributed by atoms with Crippen molar-refractivity contribution < 1.29 is 24.5 Å². The molecule has 0 fully saturated rings. The van der Waals surface area contributed by atoms with Crippen LogP contribution in [0.4, 0.5) is 0 Å². The average molecular weight is 357 g/mol. The fourth-order valence-electron chi connectivity index (χ4n) is 2.39. The number of nitrogens with one attached hydrogen (secondary N) is 1. The molecule has 1 heterocycles. The topological polar surface area (TPSA) is 109 Å². The average Bonchev–Trinajstić information content (AvgIpc) is 2.64. The molecule has 3 rings (SSSR count). The van der Waals surface area contributed by atoms with E-state index in [2.05, 4.69) is 4.98 Å². The Morgan fingerprint density at radius 2 is 1.50 bits per heavy atom. The van der Waals surface area contributed by atoms with Crippen LogP contribution in [-0.2, 0) is 4.79 Å². The number of aromatic nitrogens is 1. The van der Waals surface area contributed by atoms with Crippen molar-refractivity contribution in [1.29, 1.82) is 0 Å². The third-order valence-electron chi connectivity index (χ3n) is 3.58. The number of pyridine rings is 1. The summed E-state index contributed by atoms with van der Waals surface area (Å²) in [6.45, 7) is 1.08. The molecule has 2 aromatic carbocycles. The van der Waals surface area contributed by atoms with E-state index in [1.165, 1.54) is 7.11 Å². The Morgan fingerprint density at radius 1 is 0.962 bits per heavy atom. The van der Waals surface area contributed by atoms with Gasteiger partial charge in [-0.25, -0.2) is 0 Å². The van der Waals surface area contributed by atoms with Crippen molar-refractivity contribution in [3.05, 3.63) is 52.8 Å². The quantitative estimate of drug-likeness (QED) is 0.665. The van der Waals surface area contributed by atoms with Gasteiger partial charge in [-0.05, 0) is 42.5 Å². The number of benzene rings is 2. The smallest absolute Gasteiger partial charge is 0.300 e. The minimum Gasteiger partial charge on any atom is -0.505 e. The summed E-state index contributed by atoms with van der Waals surface area (Å²) in [5, 5.41) is 18.8. The Bertz CT molecular complexity index is 972. The first-order chi connectivity index (χ1) is 12.4. The van der Waals surface area contributed by atoms with E-state index >= 15 is 0 Å². The highest BCUT2D eigenvalue weighted by molar-refractivity contribution is 5.93. The van der Waals surface area contributed by atoms with Crippen LogP contribution in [0.3, 0.4) is 0 Å². The molecule has 0 saturated heterocycles. The summed E-state index contributed by atoms with van der Waals surface area (Å²) in [4.78, 5) is 24.0. The number of carbonyl (C=O) groups is 1. The van der Waals surface area contributed by atoms with E-state index in [1.54, 1.807) is 49.6 Å². The number of hydrogen-bond acceptors (Lipinski definition) is 5. The predicted octanol–water partition coefficient (Wildman–Crippen LogP) is 3.01. The van der Waals surface area contributed by atoms with Crippen molar-refractivity contribution in [2.75, 3.05) is 14.2 Å². The molecule has 0 bridgehead atoms. The molecule has 26 heavy (non-hydrogen) atoms. The monoisotopic (exact) mass is 357 g/mol. The number of ether oxygens (including phenoxy) is 2. The first-order valence-corrected chi connectivity index (χ1v) is 7.64. The number of carboxylic acid groups (broad SMARTS) is 1. The van der Waals surface area contributed by atoms with Gasteiger partial charge >= 0.3 is 0 Å². The Balaban J connectivity index is 0.000000552. The highest BCUT2D eigenvalue weighted by Crippen LogP contribution is 2.34. The normalized spacial score (nSPS) is 9.96. The van der Waals surface area contributed by atoms with Gasteiger partial charge in [0.05, 0.1) is 25.3 Å². The number of H-pyrrole nitrogens is 1. The fourth-order valence-corrected chi connectivity index (χ4v) is 2.39. The van der Waals surface area contributed by atoms with Gasteiger partial charge in [0, 0.05) is 17.9 Å². The summed E-state index contributed by atoms with van der Waals surface area (Å²) < 4.78 is 10.2. The number of carboxylic acids is 1. The summed E-state index contributed by atoms with van der Waals surface area (Å²) in [6.07, 6.45) is 0. The van der Waals surface area contributed by atoms with Crippen molar-refractivity contribution in [3.63, 3.8) is 0 Å². The standard InChI is InChI=1S/C17H15NO4.C2H4O2/c1-21-11-5-3-10(4-6-11)15-16(19)13-8-7-12(22-2)9-14(13)17(20)18-15;1-2(3)4/h3-9,19H,1-2H3,(H,18,20);1H3,(H,3,4). The van der Waals surface area contributed by atoms with Gasteiger partial charge in [0.15, 0.2) is 0 Å². The molecule has 0 unspecified atom stereocenters. The van der Waals surface area contributed by atoms with Crippen molar-refractivity contribution in [3.8, 4) is 28.5 Å². The lowest BCUT2D eigenvalue weighted by atomic mass is 10.1. The number of aromatic hydroxyl groups is 1. The molecule has 0 radical (unpaired) electrons. The van der Waals surface area contributed by atoms with E-state index in [9.17, 15) is 9.90 Å². The van der Waals surface area contributed by atoms with Crippen molar-refractivity contribution in [1.82, 2.24) is 4.98 Å². The number of fused-ring (bicyclic) bond motifs is 1. The molecule has 0 spiro atoms. The molecule has 0 aliphatic rings. The molecular formula is C19H19NO6. The van der Waals surface area contributed by atoms with Gasteiger partial charge in [0.1, 0.15) is 17.2 Å². The highest BCUT2D eigenvalue weighted by atomic mass is 16.5. The summed E-state index contributed by atoms with van der Waals surface area (Å²) in [5.41, 5.74) is 0.802. The van der Waals surface area contributed by atoms with Crippen LogP contribution in [0.5, 0.6) is 17.2 Å². The molecule has 7 nitrogen and oxygen atoms in total. The van der Waals surface area contributed by atoms with Gasteiger partial charge in [-0.2, -0.15) is 0 Å². The second kappa shape index (κ2) is 8.06. The summed E-state index contributed by atoms with van der Waals surface area (Å²) in [6, 6.07) is 12.1. The first kappa shape index (κ1) is 18.9. The number of aliphatic carboxylic acids is 1. The van der Waals surface area contributed by atoms with Gasteiger partial charge in [-0.1, -0.05) is 0 Å². The maximum atomic E-state index is 12.3. The van der Waals surface area contributed by atoms with Crippen molar-refractivity contribution in [2.45, 2.75) is 6.92 Å². The molecule has 7 heteroatoms. The van der Waals surface area contributed by atoms with Crippen molar-refractivity contribution in [2.24, 2.45) is 0 Å². The van der Waals surface area contributed by atoms with E-state index in [-0.39, 0.29) is 11.3 Å². The molecule has 0 atom stereocenters. The van der Waals surface area contributed by atoms with Crippen molar-refractivity contribution >= 4 is 16.7 Å². The van der Waals surface area contributed by atoms with Gasteiger partial charge in [0.25, 0.3) is 11.5 Å². The van der Waals surface area contributed by atoms with Crippen LogP contribution in [0.15, 0.2) is 47.3 Å². The molecule has 136 valence electrons. The Kier molecular flexibility index (Phi) is 5.85. The third kappa shape index (κ3) is 4.13. The van der Waals surface area contributed by atoms with Crippen LogP contribution in [0.2, 0.25) is 0 Å². The molecule has 3 aromatic rings.